The molecule has 0 radical (unpaired) electrons. The zero-order valence-corrected chi connectivity index (χ0v) is 14.8. The predicted octanol–water partition coefficient (Wildman–Crippen LogP) is 4.87. The Labute approximate surface area is 138 Å². The third kappa shape index (κ3) is 8.70. The smallest absolute Gasteiger partial charge is 0.103 e. The molecule has 0 saturated heterocycles. The van der Waals surface area contributed by atoms with Gasteiger partial charge in [-0.2, -0.15) is 0 Å². The van der Waals surface area contributed by atoms with E-state index in [9.17, 15) is 0 Å². The predicted molar refractivity (Wildman–Crippen MR) is 98.2 cm³/mol. The Kier molecular flexibility index (Phi) is 11.3. The Bertz CT molecular complexity index is 310. The minimum atomic E-state index is 0.122. The fraction of sp³-hybridized carbons (Fsp3) is 0.842. The van der Waals surface area contributed by atoms with Crippen molar-refractivity contribution in [1.29, 1.82) is 0 Å². The van der Waals surface area contributed by atoms with Crippen LogP contribution >= 0.6 is 0 Å². The van der Waals surface area contributed by atoms with Crippen LogP contribution in [0.1, 0.15) is 84.5 Å². The Balaban J connectivity index is 1.88. The van der Waals surface area contributed by atoms with Crippen molar-refractivity contribution in [3.63, 3.8) is 0 Å². The Morgan fingerprint density at radius 2 is 1.73 bits per heavy atom. The number of allylic oxidation sites excluding steroid dienone is 2. The number of aliphatic imine (C=N–C) groups is 1. The molecule has 3 heteroatoms. The summed E-state index contributed by atoms with van der Waals surface area (Å²) < 4.78 is 0. The van der Waals surface area contributed by atoms with Crippen molar-refractivity contribution in [1.82, 2.24) is 4.90 Å². The molecule has 2 atom stereocenters. The molecule has 0 saturated carbocycles. The number of rotatable bonds is 13. The Hall–Kier alpha value is -0.670. The van der Waals surface area contributed by atoms with Crippen LogP contribution in [0.2, 0.25) is 0 Å². The molecule has 2 unspecified atom stereocenters. The molecule has 0 aliphatic carbocycles. The normalized spacial score (nSPS) is 20.2. The minimum Gasteiger partial charge on any atom is -0.316 e. The lowest BCUT2D eigenvalue weighted by atomic mass is 10.1. The number of hydrogen-bond donors (Lipinski definition) is 1. The summed E-state index contributed by atoms with van der Waals surface area (Å²) in [6, 6.07) is 0. The average molecular weight is 308 g/mol. The van der Waals surface area contributed by atoms with E-state index in [-0.39, 0.29) is 6.17 Å². The summed E-state index contributed by atoms with van der Waals surface area (Å²) in [5.74, 6) is 0. The lowest BCUT2D eigenvalue weighted by Gasteiger charge is -2.26. The number of nitrogens with two attached hydrogens (primary N) is 1. The van der Waals surface area contributed by atoms with Crippen LogP contribution in [-0.4, -0.2) is 30.0 Å². The molecule has 128 valence electrons. The third-order valence-electron chi connectivity index (χ3n) is 4.45. The van der Waals surface area contributed by atoms with Gasteiger partial charge in [-0.05, 0) is 45.4 Å². The quantitative estimate of drug-likeness (QED) is 0.389. The second kappa shape index (κ2) is 12.8. The molecular formula is C19H37N3. The van der Waals surface area contributed by atoms with Crippen LogP contribution in [0.5, 0.6) is 0 Å². The van der Waals surface area contributed by atoms with Gasteiger partial charge in [-0.25, -0.2) is 0 Å². The SMILES string of the molecule is CCCCC/C=C/CCCCCCCC1N=CCN1C(C)N. The van der Waals surface area contributed by atoms with Crippen LogP contribution in [0.25, 0.3) is 0 Å². The highest BCUT2D eigenvalue weighted by atomic mass is 15.3. The molecule has 1 aliphatic rings. The second-order valence-corrected chi connectivity index (χ2v) is 6.56. The van der Waals surface area contributed by atoms with E-state index < -0.39 is 0 Å². The number of hydrogen-bond acceptors (Lipinski definition) is 3. The summed E-state index contributed by atoms with van der Waals surface area (Å²) in [4.78, 5) is 6.82. The van der Waals surface area contributed by atoms with Gasteiger partial charge in [0.15, 0.2) is 0 Å². The third-order valence-corrected chi connectivity index (χ3v) is 4.45. The Morgan fingerprint density at radius 1 is 1.09 bits per heavy atom. The maximum Gasteiger partial charge on any atom is 0.103 e. The lowest BCUT2D eigenvalue weighted by Crippen LogP contribution is -2.43. The molecule has 0 fully saturated rings. The molecule has 0 aromatic carbocycles. The van der Waals surface area contributed by atoms with Gasteiger partial charge in [0.1, 0.15) is 6.17 Å². The van der Waals surface area contributed by atoms with Crippen molar-refractivity contribution < 1.29 is 0 Å². The van der Waals surface area contributed by atoms with E-state index >= 15 is 0 Å². The molecule has 0 aromatic heterocycles. The molecule has 0 aromatic rings. The number of nitrogens with zero attached hydrogens (tertiary/aromatic N) is 2. The van der Waals surface area contributed by atoms with Gasteiger partial charge in [-0.1, -0.05) is 51.2 Å². The van der Waals surface area contributed by atoms with Crippen molar-refractivity contribution in [2.45, 2.75) is 96.8 Å². The van der Waals surface area contributed by atoms with E-state index in [0.29, 0.717) is 6.17 Å². The summed E-state index contributed by atoms with van der Waals surface area (Å²) in [6.45, 7) is 5.24. The van der Waals surface area contributed by atoms with Crippen LogP contribution in [-0.2, 0) is 0 Å². The van der Waals surface area contributed by atoms with Crippen molar-refractivity contribution >= 4 is 6.21 Å². The maximum absolute atomic E-state index is 5.96. The van der Waals surface area contributed by atoms with E-state index in [0.717, 1.165) is 13.0 Å². The molecule has 2 N–H and O–H groups in total. The molecular weight excluding hydrogens is 270 g/mol. The fourth-order valence-corrected chi connectivity index (χ4v) is 3.02. The molecule has 22 heavy (non-hydrogen) atoms. The van der Waals surface area contributed by atoms with Gasteiger partial charge in [0.2, 0.25) is 0 Å². The first kappa shape index (κ1) is 19.4. The first-order valence-corrected chi connectivity index (χ1v) is 9.43. The summed E-state index contributed by atoms with van der Waals surface area (Å²) in [6.07, 6.45) is 21.6. The maximum atomic E-state index is 5.96. The highest BCUT2D eigenvalue weighted by molar-refractivity contribution is 5.62. The van der Waals surface area contributed by atoms with Gasteiger partial charge < -0.3 is 5.73 Å². The van der Waals surface area contributed by atoms with Crippen molar-refractivity contribution in [3.05, 3.63) is 12.2 Å². The first-order valence-electron chi connectivity index (χ1n) is 9.43. The van der Waals surface area contributed by atoms with Crippen LogP contribution in [0.15, 0.2) is 17.1 Å². The summed E-state index contributed by atoms with van der Waals surface area (Å²) >= 11 is 0. The lowest BCUT2D eigenvalue weighted by molar-refractivity contribution is 0.182. The van der Waals surface area contributed by atoms with E-state index in [2.05, 4.69) is 35.9 Å². The molecule has 1 aliphatic heterocycles. The Morgan fingerprint density at radius 3 is 2.41 bits per heavy atom. The molecule has 0 bridgehead atoms. The highest BCUT2D eigenvalue weighted by Crippen LogP contribution is 2.17. The molecule has 1 heterocycles. The second-order valence-electron chi connectivity index (χ2n) is 6.56. The van der Waals surface area contributed by atoms with Crippen LogP contribution in [0.3, 0.4) is 0 Å². The van der Waals surface area contributed by atoms with Crippen LogP contribution in [0, 0.1) is 0 Å². The van der Waals surface area contributed by atoms with Crippen LogP contribution in [0.4, 0.5) is 0 Å². The summed E-state index contributed by atoms with van der Waals surface area (Å²) in [5.41, 5.74) is 5.96. The van der Waals surface area contributed by atoms with E-state index in [1.165, 1.54) is 64.2 Å². The van der Waals surface area contributed by atoms with Crippen molar-refractivity contribution in [2.75, 3.05) is 6.54 Å². The van der Waals surface area contributed by atoms with Crippen molar-refractivity contribution in [3.8, 4) is 0 Å². The van der Waals surface area contributed by atoms with Gasteiger partial charge in [0.05, 0.1) is 6.17 Å². The first-order chi connectivity index (χ1) is 10.8. The topological polar surface area (TPSA) is 41.6 Å². The largest absolute Gasteiger partial charge is 0.316 e. The fourth-order valence-electron chi connectivity index (χ4n) is 3.02. The molecule has 0 amide bonds. The van der Waals surface area contributed by atoms with Gasteiger partial charge in [-0.3, -0.25) is 9.89 Å². The van der Waals surface area contributed by atoms with E-state index in [1.807, 2.05) is 6.21 Å². The van der Waals surface area contributed by atoms with Crippen LogP contribution < -0.4 is 5.73 Å². The summed E-state index contributed by atoms with van der Waals surface area (Å²) in [5, 5.41) is 0. The standard InChI is InChI=1S/C19H37N3/c1-3-4-5-6-7-8-9-10-11-12-13-14-15-19-21-16-17-22(19)18(2)20/h7-8,16,18-19H,3-6,9-15,17,20H2,1-2H3/b8-7+. The van der Waals surface area contributed by atoms with E-state index in [4.69, 9.17) is 5.73 Å². The molecule has 0 spiro atoms. The zero-order valence-electron chi connectivity index (χ0n) is 14.8. The highest BCUT2D eigenvalue weighted by Gasteiger charge is 2.22. The monoisotopic (exact) mass is 307 g/mol. The summed E-state index contributed by atoms with van der Waals surface area (Å²) in [7, 11) is 0. The molecule has 3 nitrogen and oxygen atoms in total. The van der Waals surface area contributed by atoms with E-state index in [1.54, 1.807) is 0 Å². The minimum absolute atomic E-state index is 0.122. The molecule has 1 rings (SSSR count). The van der Waals surface area contributed by atoms with Gasteiger partial charge in [0, 0.05) is 12.8 Å². The van der Waals surface area contributed by atoms with Crippen molar-refractivity contribution in [2.24, 2.45) is 10.7 Å². The van der Waals surface area contributed by atoms with Gasteiger partial charge in [-0.15, -0.1) is 0 Å². The number of unbranched alkanes of at least 4 members (excludes halogenated alkanes) is 8. The van der Waals surface area contributed by atoms with Gasteiger partial charge in [0.25, 0.3) is 0 Å². The average Bonchev–Trinajstić information content (AvgIpc) is 2.97. The van der Waals surface area contributed by atoms with Gasteiger partial charge >= 0.3 is 0 Å². The zero-order chi connectivity index (χ0) is 16.0.